The monoisotopic (exact) mass is 539 g/mol. The summed E-state index contributed by atoms with van der Waals surface area (Å²) in [4.78, 5) is 16.4. The predicted molar refractivity (Wildman–Crippen MR) is 156 cm³/mol. The number of pyridine rings is 1. The molecule has 0 amide bonds. The third-order valence-corrected chi connectivity index (χ3v) is 9.52. The summed E-state index contributed by atoms with van der Waals surface area (Å²) in [6, 6.07) is 6.60. The summed E-state index contributed by atoms with van der Waals surface area (Å²) < 4.78 is 14.9. The largest absolute Gasteiger partial charge is 0.471 e. The van der Waals surface area contributed by atoms with Crippen molar-refractivity contribution in [1.29, 1.82) is 0 Å². The summed E-state index contributed by atoms with van der Waals surface area (Å²) in [5.41, 5.74) is 15.0. The summed E-state index contributed by atoms with van der Waals surface area (Å²) in [5.74, 6) is 1.52. The van der Waals surface area contributed by atoms with Crippen molar-refractivity contribution in [2.75, 3.05) is 26.4 Å². The highest BCUT2D eigenvalue weighted by Gasteiger charge is 2.49. The van der Waals surface area contributed by atoms with Crippen LogP contribution in [0.4, 0.5) is 5.69 Å². The van der Waals surface area contributed by atoms with Crippen molar-refractivity contribution < 1.29 is 9.26 Å². The molecule has 1 spiro atoms. The van der Waals surface area contributed by atoms with Gasteiger partial charge in [0.1, 0.15) is 11.8 Å². The van der Waals surface area contributed by atoms with Gasteiger partial charge in [0.25, 0.3) is 0 Å². The van der Waals surface area contributed by atoms with Crippen molar-refractivity contribution >= 4 is 22.9 Å². The minimum absolute atomic E-state index is 0.00551. The maximum Gasteiger partial charge on any atom is 0.243 e. The number of aromatic nitrogens is 4. The van der Waals surface area contributed by atoms with Crippen LogP contribution in [-0.4, -0.2) is 63.6 Å². The number of fused-ring (bicyclic) bond motifs is 5. The van der Waals surface area contributed by atoms with Gasteiger partial charge in [-0.2, -0.15) is 0 Å². The first kappa shape index (κ1) is 25.3. The van der Waals surface area contributed by atoms with Crippen LogP contribution in [0.5, 0.6) is 5.88 Å². The molecule has 7 rings (SSSR count). The average molecular weight is 540 g/mol. The molecule has 0 saturated carbocycles. The number of likely N-dealkylation sites (N-methyl/N-ethyl adjacent to an activating group) is 1. The number of benzene rings is 1. The minimum Gasteiger partial charge on any atom is -0.471 e. The molecule has 2 N–H and O–H groups in total. The molecule has 4 aromatic rings. The Morgan fingerprint density at radius 3 is 2.90 bits per heavy atom. The molecule has 3 atom stereocenters. The van der Waals surface area contributed by atoms with Crippen LogP contribution in [0.3, 0.4) is 0 Å². The fraction of sp³-hybridized carbons (Fsp3) is 0.484. The number of nitrogens with two attached hydrogens (primary N) is 1. The molecule has 2 aliphatic carbocycles. The topological polar surface area (TPSA) is 108 Å². The number of imidazole rings is 1. The molecule has 1 aliphatic heterocycles. The van der Waals surface area contributed by atoms with Crippen molar-refractivity contribution in [2.45, 2.75) is 69.4 Å². The van der Waals surface area contributed by atoms with Crippen LogP contribution in [0.25, 0.3) is 22.4 Å². The van der Waals surface area contributed by atoms with E-state index in [0.717, 1.165) is 90.1 Å². The molecule has 1 fully saturated rings. The SMILES string of the molecule is CN=Cc1c(N)ccc2c1[C@]1(CCCc3c(-c4cc5c(ncn5C)c(O[C@@H](C)[C@@H]5CCCN5C)n4)noc31)CC2. The maximum atomic E-state index is 6.56. The molecule has 3 aliphatic rings. The summed E-state index contributed by atoms with van der Waals surface area (Å²) in [6.45, 7) is 3.23. The molecule has 0 unspecified atom stereocenters. The molecular weight excluding hydrogens is 502 g/mol. The van der Waals surface area contributed by atoms with Crippen LogP contribution in [0, 0.1) is 0 Å². The molecule has 4 heterocycles. The Labute approximate surface area is 234 Å². The minimum atomic E-state index is -0.252. The van der Waals surface area contributed by atoms with Gasteiger partial charge in [0.2, 0.25) is 5.88 Å². The first-order valence-electron chi connectivity index (χ1n) is 14.4. The Hall–Kier alpha value is -3.72. The number of aliphatic imine (C=N–C) groups is 1. The molecule has 9 heteroatoms. The molecule has 208 valence electrons. The van der Waals surface area contributed by atoms with E-state index in [0.29, 0.717) is 11.9 Å². The predicted octanol–water partition coefficient (Wildman–Crippen LogP) is 4.68. The van der Waals surface area contributed by atoms with Crippen LogP contribution < -0.4 is 10.5 Å². The number of likely N-dealkylation sites (tertiary alicyclic amines) is 1. The van der Waals surface area contributed by atoms with Gasteiger partial charge < -0.3 is 19.6 Å². The van der Waals surface area contributed by atoms with Crippen LogP contribution in [-0.2, 0) is 25.3 Å². The number of ether oxygens (including phenoxy) is 1. The standard InChI is InChI=1S/C31H37N7O2/c1-18(24-8-6-14-37(24)3)39-30-28-25(38(4)17-34-28)15-23(35-30)27-20-7-5-12-31(29(20)40-36-27)13-11-19-9-10-22(32)21(16-33-2)26(19)31/h9-10,15-18,24H,5-8,11-14,32H2,1-4H3/t18-,24-,31-/m0/s1. The molecule has 40 heavy (non-hydrogen) atoms. The lowest BCUT2D eigenvalue weighted by Gasteiger charge is -2.33. The third-order valence-electron chi connectivity index (χ3n) is 9.52. The maximum absolute atomic E-state index is 6.56. The highest BCUT2D eigenvalue weighted by molar-refractivity contribution is 5.91. The fourth-order valence-electron chi connectivity index (χ4n) is 7.56. The van der Waals surface area contributed by atoms with E-state index in [1.54, 1.807) is 7.05 Å². The highest BCUT2D eigenvalue weighted by atomic mass is 16.5. The Morgan fingerprint density at radius 2 is 2.10 bits per heavy atom. The Kier molecular flexibility index (Phi) is 5.96. The van der Waals surface area contributed by atoms with E-state index in [9.17, 15) is 0 Å². The summed E-state index contributed by atoms with van der Waals surface area (Å²) in [5, 5.41) is 4.69. The van der Waals surface area contributed by atoms with E-state index in [1.165, 1.54) is 17.5 Å². The van der Waals surface area contributed by atoms with Gasteiger partial charge >= 0.3 is 0 Å². The summed E-state index contributed by atoms with van der Waals surface area (Å²) in [7, 11) is 5.97. The van der Waals surface area contributed by atoms with Crippen molar-refractivity contribution in [3.05, 3.63) is 52.5 Å². The van der Waals surface area contributed by atoms with E-state index in [-0.39, 0.29) is 11.5 Å². The Bertz CT molecular complexity index is 1640. The third kappa shape index (κ3) is 3.70. The van der Waals surface area contributed by atoms with Gasteiger partial charge in [0.05, 0.1) is 23.0 Å². The Balaban J connectivity index is 1.34. The summed E-state index contributed by atoms with van der Waals surface area (Å²) >= 11 is 0. The second-order valence-corrected chi connectivity index (χ2v) is 11.8. The van der Waals surface area contributed by atoms with E-state index >= 15 is 0 Å². The first-order chi connectivity index (χ1) is 19.4. The van der Waals surface area contributed by atoms with Gasteiger partial charge in [0, 0.05) is 43.2 Å². The zero-order valence-corrected chi connectivity index (χ0v) is 23.8. The smallest absolute Gasteiger partial charge is 0.243 e. The van der Waals surface area contributed by atoms with E-state index < -0.39 is 0 Å². The van der Waals surface area contributed by atoms with Gasteiger partial charge in [-0.1, -0.05) is 11.2 Å². The second kappa shape index (κ2) is 9.44. The van der Waals surface area contributed by atoms with E-state index in [2.05, 4.69) is 41.0 Å². The number of anilines is 1. The van der Waals surface area contributed by atoms with Crippen LogP contribution in [0.2, 0.25) is 0 Å². The second-order valence-electron chi connectivity index (χ2n) is 11.8. The lowest BCUT2D eigenvalue weighted by molar-refractivity contribution is 0.118. The van der Waals surface area contributed by atoms with Crippen molar-refractivity contribution in [2.24, 2.45) is 12.0 Å². The lowest BCUT2D eigenvalue weighted by Crippen LogP contribution is -2.38. The number of nitrogen functional groups attached to an aromatic ring is 1. The molecule has 1 aromatic carbocycles. The first-order valence-corrected chi connectivity index (χ1v) is 14.4. The molecule has 1 saturated heterocycles. The number of rotatable bonds is 5. The fourth-order valence-corrected chi connectivity index (χ4v) is 7.56. The quantitative estimate of drug-likeness (QED) is 0.290. The molecular formula is C31H37N7O2. The van der Waals surface area contributed by atoms with Crippen LogP contribution >= 0.6 is 0 Å². The van der Waals surface area contributed by atoms with Crippen LogP contribution in [0.15, 0.2) is 34.0 Å². The molecule has 9 nitrogen and oxygen atoms in total. The molecule has 0 radical (unpaired) electrons. The van der Waals surface area contributed by atoms with E-state index in [4.69, 9.17) is 25.1 Å². The number of nitrogens with zero attached hydrogens (tertiary/aromatic N) is 6. The average Bonchev–Trinajstić information content (AvgIpc) is 3.73. The van der Waals surface area contributed by atoms with Gasteiger partial charge in [0.15, 0.2) is 11.3 Å². The molecule has 0 bridgehead atoms. The van der Waals surface area contributed by atoms with Crippen molar-refractivity contribution in [3.63, 3.8) is 0 Å². The van der Waals surface area contributed by atoms with Crippen molar-refractivity contribution in [3.8, 4) is 17.3 Å². The number of aryl methyl sites for hydroxylation is 2. The number of hydrogen-bond acceptors (Lipinski definition) is 8. The van der Waals surface area contributed by atoms with Crippen LogP contribution in [0.1, 0.15) is 67.0 Å². The zero-order valence-electron chi connectivity index (χ0n) is 23.8. The van der Waals surface area contributed by atoms with Gasteiger partial charge in [-0.3, -0.25) is 9.89 Å². The normalized spacial score (nSPS) is 23.4. The van der Waals surface area contributed by atoms with Gasteiger partial charge in [-0.15, -0.1) is 0 Å². The van der Waals surface area contributed by atoms with Gasteiger partial charge in [-0.25, -0.2) is 9.97 Å². The summed E-state index contributed by atoms with van der Waals surface area (Å²) in [6.07, 6.45) is 10.9. The number of hydrogen-bond donors (Lipinski definition) is 1. The Morgan fingerprint density at radius 1 is 1.23 bits per heavy atom. The molecule has 3 aromatic heterocycles. The van der Waals surface area contributed by atoms with Gasteiger partial charge in [-0.05, 0) is 88.7 Å². The van der Waals surface area contributed by atoms with E-state index in [1.807, 2.05) is 30.2 Å². The highest BCUT2D eigenvalue weighted by Crippen LogP contribution is 2.54. The zero-order chi connectivity index (χ0) is 27.6. The lowest BCUT2D eigenvalue weighted by atomic mass is 9.68. The van der Waals surface area contributed by atoms with Crippen molar-refractivity contribution in [1.82, 2.24) is 24.6 Å².